The highest BCUT2D eigenvalue weighted by molar-refractivity contribution is 5.16. The first-order chi connectivity index (χ1) is 8.88. The molecule has 0 aliphatic carbocycles. The molecule has 1 aromatic carbocycles. The minimum Gasteiger partial charge on any atom is -0.312 e. The summed E-state index contributed by atoms with van der Waals surface area (Å²) < 4.78 is 0. The number of allylic oxidation sites excluding steroid dienone is 1. The zero-order valence-corrected chi connectivity index (χ0v) is 11.3. The van der Waals surface area contributed by atoms with Gasteiger partial charge in [-0.2, -0.15) is 0 Å². The predicted octanol–water partition coefficient (Wildman–Crippen LogP) is 2.47. The molecule has 2 heteroatoms. The van der Waals surface area contributed by atoms with Gasteiger partial charge in [-0.3, -0.25) is 4.90 Å². The Morgan fingerprint density at radius 1 is 1.33 bits per heavy atom. The minimum atomic E-state index is 0.583. The van der Waals surface area contributed by atoms with Crippen molar-refractivity contribution < 1.29 is 0 Å². The molecule has 2 rings (SSSR count). The maximum absolute atomic E-state index is 3.67. The van der Waals surface area contributed by atoms with Crippen LogP contribution in [0.3, 0.4) is 0 Å². The van der Waals surface area contributed by atoms with Gasteiger partial charge in [0.15, 0.2) is 0 Å². The average Bonchev–Trinajstić information content (AvgIpc) is 2.63. The number of benzene rings is 1. The van der Waals surface area contributed by atoms with Crippen molar-refractivity contribution in [1.29, 1.82) is 0 Å². The molecule has 1 N–H and O–H groups in total. The minimum absolute atomic E-state index is 0.583. The second kappa shape index (κ2) is 7.34. The van der Waals surface area contributed by atoms with Gasteiger partial charge < -0.3 is 5.32 Å². The molecule has 2 nitrogen and oxygen atoms in total. The molecular weight excluding hydrogens is 220 g/mol. The highest BCUT2D eigenvalue weighted by atomic mass is 15.2. The van der Waals surface area contributed by atoms with Gasteiger partial charge in [0.25, 0.3) is 0 Å². The smallest absolute Gasteiger partial charge is 0.0235 e. The first kappa shape index (κ1) is 13.3. The summed E-state index contributed by atoms with van der Waals surface area (Å²) in [5.41, 5.74) is 1.43. The molecular formula is C16H24N2. The molecule has 1 aromatic rings. The van der Waals surface area contributed by atoms with Gasteiger partial charge in [0.05, 0.1) is 0 Å². The predicted molar refractivity (Wildman–Crippen MR) is 77.8 cm³/mol. The van der Waals surface area contributed by atoms with Gasteiger partial charge in [0.1, 0.15) is 0 Å². The lowest BCUT2D eigenvalue weighted by atomic mass is 10.1. The van der Waals surface area contributed by atoms with Crippen molar-refractivity contribution in [2.24, 2.45) is 0 Å². The normalized spacial score (nSPS) is 22.2. The van der Waals surface area contributed by atoms with Crippen molar-refractivity contribution in [1.82, 2.24) is 10.2 Å². The molecule has 0 spiro atoms. The Bertz CT molecular complexity index is 359. The fraction of sp³-hybridized carbons (Fsp3) is 0.500. The zero-order valence-electron chi connectivity index (χ0n) is 11.3. The Balaban J connectivity index is 1.90. The van der Waals surface area contributed by atoms with Gasteiger partial charge in [-0.15, -0.1) is 0 Å². The van der Waals surface area contributed by atoms with Crippen LogP contribution in [0, 0.1) is 0 Å². The number of hydrogen-bond acceptors (Lipinski definition) is 2. The summed E-state index contributed by atoms with van der Waals surface area (Å²) in [6, 6.07) is 11.4. The molecule has 1 aliphatic rings. The van der Waals surface area contributed by atoms with Crippen molar-refractivity contribution in [3.05, 3.63) is 48.0 Å². The van der Waals surface area contributed by atoms with E-state index < -0.39 is 0 Å². The van der Waals surface area contributed by atoms with Crippen molar-refractivity contribution in [2.45, 2.75) is 25.8 Å². The number of nitrogens with one attached hydrogen (secondary N) is 1. The van der Waals surface area contributed by atoms with Crippen LogP contribution in [0.25, 0.3) is 0 Å². The SMILES string of the molecule is C/C=C/CN1CCCNC(Cc2ccccc2)C1. The van der Waals surface area contributed by atoms with E-state index in [1.54, 1.807) is 0 Å². The molecule has 1 unspecified atom stereocenters. The van der Waals surface area contributed by atoms with Crippen LogP contribution in [-0.2, 0) is 6.42 Å². The first-order valence-corrected chi connectivity index (χ1v) is 6.99. The van der Waals surface area contributed by atoms with E-state index in [-0.39, 0.29) is 0 Å². The summed E-state index contributed by atoms with van der Waals surface area (Å²) in [6.45, 7) is 6.69. The lowest BCUT2D eigenvalue weighted by Gasteiger charge is -2.23. The number of nitrogens with zero attached hydrogens (tertiary/aromatic N) is 1. The van der Waals surface area contributed by atoms with E-state index >= 15 is 0 Å². The third kappa shape index (κ3) is 4.28. The molecule has 1 atom stereocenters. The molecule has 98 valence electrons. The van der Waals surface area contributed by atoms with E-state index in [4.69, 9.17) is 0 Å². The van der Waals surface area contributed by atoms with Gasteiger partial charge >= 0.3 is 0 Å². The van der Waals surface area contributed by atoms with Crippen LogP contribution in [-0.4, -0.2) is 37.1 Å². The van der Waals surface area contributed by atoms with Crippen LogP contribution in [0.2, 0.25) is 0 Å². The Labute approximate surface area is 111 Å². The zero-order chi connectivity index (χ0) is 12.6. The summed E-state index contributed by atoms with van der Waals surface area (Å²) in [7, 11) is 0. The van der Waals surface area contributed by atoms with E-state index in [1.807, 2.05) is 0 Å². The Morgan fingerprint density at radius 3 is 2.94 bits per heavy atom. The van der Waals surface area contributed by atoms with Crippen LogP contribution < -0.4 is 5.32 Å². The van der Waals surface area contributed by atoms with Gasteiger partial charge in [0.2, 0.25) is 0 Å². The monoisotopic (exact) mass is 244 g/mol. The Morgan fingerprint density at radius 2 is 2.17 bits per heavy atom. The third-order valence-electron chi connectivity index (χ3n) is 3.49. The average molecular weight is 244 g/mol. The maximum atomic E-state index is 3.67. The van der Waals surface area contributed by atoms with E-state index in [2.05, 4.69) is 59.6 Å². The van der Waals surface area contributed by atoms with E-state index in [0.29, 0.717) is 6.04 Å². The van der Waals surface area contributed by atoms with Crippen LogP contribution in [0.5, 0.6) is 0 Å². The molecule has 0 radical (unpaired) electrons. The summed E-state index contributed by atoms with van der Waals surface area (Å²) in [5.74, 6) is 0. The van der Waals surface area contributed by atoms with Crippen LogP contribution in [0.1, 0.15) is 18.9 Å². The molecule has 0 aromatic heterocycles. The molecule has 0 amide bonds. The van der Waals surface area contributed by atoms with E-state index in [0.717, 1.165) is 26.1 Å². The van der Waals surface area contributed by atoms with Crippen molar-refractivity contribution in [3.8, 4) is 0 Å². The van der Waals surface area contributed by atoms with Crippen molar-refractivity contribution >= 4 is 0 Å². The highest BCUT2D eigenvalue weighted by Crippen LogP contribution is 2.08. The molecule has 1 aliphatic heterocycles. The molecule has 1 fully saturated rings. The summed E-state index contributed by atoms with van der Waals surface area (Å²) in [4.78, 5) is 2.55. The quantitative estimate of drug-likeness (QED) is 0.819. The van der Waals surface area contributed by atoms with Gasteiger partial charge in [0, 0.05) is 19.1 Å². The first-order valence-electron chi connectivity index (χ1n) is 6.99. The largest absolute Gasteiger partial charge is 0.312 e. The van der Waals surface area contributed by atoms with Crippen molar-refractivity contribution in [3.63, 3.8) is 0 Å². The fourth-order valence-corrected chi connectivity index (χ4v) is 2.53. The Kier molecular flexibility index (Phi) is 5.43. The second-order valence-corrected chi connectivity index (χ2v) is 5.02. The summed E-state index contributed by atoms with van der Waals surface area (Å²) in [5, 5.41) is 3.67. The molecule has 1 saturated heterocycles. The lowest BCUT2D eigenvalue weighted by Crippen LogP contribution is -2.39. The van der Waals surface area contributed by atoms with Gasteiger partial charge in [-0.05, 0) is 38.4 Å². The molecule has 0 saturated carbocycles. The topological polar surface area (TPSA) is 15.3 Å². The summed E-state index contributed by atoms with van der Waals surface area (Å²) in [6.07, 6.45) is 6.78. The van der Waals surface area contributed by atoms with Gasteiger partial charge in [-0.1, -0.05) is 42.5 Å². The molecule has 18 heavy (non-hydrogen) atoms. The van der Waals surface area contributed by atoms with E-state index in [9.17, 15) is 0 Å². The standard InChI is InChI=1S/C16H24N2/c1-2-3-11-18-12-7-10-17-16(14-18)13-15-8-5-4-6-9-15/h2-6,8-9,16-17H,7,10-14H2,1H3/b3-2+. The highest BCUT2D eigenvalue weighted by Gasteiger charge is 2.16. The van der Waals surface area contributed by atoms with Crippen LogP contribution in [0.4, 0.5) is 0 Å². The molecule has 1 heterocycles. The lowest BCUT2D eigenvalue weighted by molar-refractivity contribution is 0.293. The van der Waals surface area contributed by atoms with E-state index in [1.165, 1.54) is 18.5 Å². The molecule has 0 bridgehead atoms. The summed E-state index contributed by atoms with van der Waals surface area (Å²) >= 11 is 0. The second-order valence-electron chi connectivity index (χ2n) is 5.02. The number of rotatable bonds is 4. The maximum Gasteiger partial charge on any atom is 0.0235 e. The van der Waals surface area contributed by atoms with Gasteiger partial charge in [-0.25, -0.2) is 0 Å². The van der Waals surface area contributed by atoms with Crippen LogP contribution >= 0.6 is 0 Å². The van der Waals surface area contributed by atoms with Crippen LogP contribution in [0.15, 0.2) is 42.5 Å². The van der Waals surface area contributed by atoms with Crippen molar-refractivity contribution in [2.75, 3.05) is 26.2 Å². The fourth-order valence-electron chi connectivity index (χ4n) is 2.53. The number of hydrogen-bond donors (Lipinski definition) is 1. The Hall–Kier alpha value is -1.12. The third-order valence-corrected chi connectivity index (χ3v) is 3.49.